The Labute approximate surface area is 160 Å². The van der Waals surface area contributed by atoms with Gasteiger partial charge < -0.3 is 24.8 Å². The maximum absolute atomic E-state index is 2.89. The van der Waals surface area contributed by atoms with Crippen molar-refractivity contribution in [1.82, 2.24) is 0 Å². The van der Waals surface area contributed by atoms with Crippen LogP contribution < -0.4 is 24.8 Å². The minimum Gasteiger partial charge on any atom is -1.00 e. The Morgan fingerprint density at radius 1 is 0.444 bits per heavy atom. The molecule has 0 atom stereocenters. The van der Waals surface area contributed by atoms with Gasteiger partial charge in [0.1, 0.15) is 0 Å². The van der Waals surface area contributed by atoms with Crippen LogP contribution in [-0.2, 0) is 39.0 Å². The summed E-state index contributed by atoms with van der Waals surface area (Å²) in [6, 6.07) is 25.0. The fraction of sp³-hybridized carbons (Fsp3) is 0. The van der Waals surface area contributed by atoms with E-state index in [0.717, 1.165) is 0 Å². The predicted octanol–water partition coefficient (Wildman–Crippen LogP) is -2.18. The summed E-state index contributed by atoms with van der Waals surface area (Å²) < 4.78 is 0. The van der Waals surface area contributed by atoms with E-state index >= 15 is 0 Å². The molecule has 2 aromatic carbocycles. The molecule has 0 amide bonds. The zero-order valence-corrected chi connectivity index (χ0v) is 15.7. The van der Waals surface area contributed by atoms with Crippen LogP contribution in [0.3, 0.4) is 0 Å². The van der Waals surface area contributed by atoms with Crippen LogP contribution in [0.2, 0.25) is 0 Å². The van der Waals surface area contributed by atoms with E-state index < -0.39 is 0 Å². The van der Waals surface area contributed by atoms with E-state index in [1.165, 1.54) is 0 Å². The fourth-order valence-electron chi connectivity index (χ4n) is 0.684. The van der Waals surface area contributed by atoms with Crippen molar-refractivity contribution in [2.24, 2.45) is 0 Å². The molecule has 104 valence electrons. The molecule has 0 saturated heterocycles. The first-order valence-electron chi connectivity index (χ1n) is 3.82. The maximum Gasteiger partial charge on any atom is 1.00 e. The molecule has 0 nitrogen and oxygen atoms in total. The van der Waals surface area contributed by atoms with Crippen molar-refractivity contribution in [1.29, 1.82) is 0 Å². The Balaban J connectivity index is -0.0000000300. The van der Waals surface area contributed by atoms with Crippen LogP contribution in [0.1, 0.15) is 0 Å². The third-order valence-electron chi connectivity index (χ3n) is 1.21. The molecule has 0 fully saturated rings. The summed E-state index contributed by atoms with van der Waals surface area (Å²) in [5.41, 5.74) is 0. The van der Waals surface area contributed by atoms with Gasteiger partial charge in [0.2, 0.25) is 0 Å². The molecule has 0 saturated carbocycles. The third-order valence-corrected chi connectivity index (χ3v) is 1.21. The number of benzene rings is 2. The molecular formula is C12H12Cl4Ru2. The molecule has 6 heteroatoms. The van der Waals surface area contributed by atoms with Gasteiger partial charge in [0, 0.05) is 0 Å². The number of rotatable bonds is 0. The average Bonchev–Trinajstić information content (AvgIpc) is 2.24. The van der Waals surface area contributed by atoms with Crippen molar-refractivity contribution in [3.05, 3.63) is 72.8 Å². The van der Waals surface area contributed by atoms with Gasteiger partial charge in [-0.3, -0.25) is 0 Å². The molecule has 0 aliphatic rings. The maximum atomic E-state index is 2.89. The molecule has 4 radical (unpaired) electrons. The summed E-state index contributed by atoms with van der Waals surface area (Å²) in [4.78, 5) is 0. The average molecular weight is 500 g/mol. The van der Waals surface area contributed by atoms with Crippen molar-refractivity contribution in [3.63, 3.8) is 0 Å². The topological polar surface area (TPSA) is 0 Å². The SMILES string of the molecule is Cl.Cl.[Cl-].[Cl-].[Ru+].[Ru+].[c]1ccccc1.[c]1ccccc1. The monoisotopic (exact) mass is 500 g/mol. The molecule has 0 aliphatic heterocycles. The van der Waals surface area contributed by atoms with Crippen molar-refractivity contribution in [3.8, 4) is 0 Å². The largest absolute Gasteiger partial charge is 1.00 e. The molecule has 0 unspecified atom stereocenters. The summed E-state index contributed by atoms with van der Waals surface area (Å²) in [5.74, 6) is 0. The summed E-state index contributed by atoms with van der Waals surface area (Å²) >= 11 is 0. The van der Waals surface area contributed by atoms with Crippen LogP contribution in [0.15, 0.2) is 60.7 Å². The van der Waals surface area contributed by atoms with Crippen LogP contribution in [0.4, 0.5) is 0 Å². The summed E-state index contributed by atoms with van der Waals surface area (Å²) in [5, 5.41) is 0. The van der Waals surface area contributed by atoms with E-state index in [1.54, 1.807) is 0 Å². The summed E-state index contributed by atoms with van der Waals surface area (Å²) in [6.45, 7) is 0. The van der Waals surface area contributed by atoms with Gasteiger partial charge in [0.05, 0.1) is 0 Å². The molecule has 0 aliphatic carbocycles. The van der Waals surface area contributed by atoms with Gasteiger partial charge in [-0.05, 0) is 12.1 Å². The van der Waals surface area contributed by atoms with Gasteiger partial charge in [0.25, 0.3) is 0 Å². The van der Waals surface area contributed by atoms with E-state index in [9.17, 15) is 0 Å². The number of hydrogen-bond donors (Lipinski definition) is 0. The second-order valence-electron chi connectivity index (χ2n) is 2.15. The first kappa shape index (κ1) is 36.4. The Bertz CT molecular complexity index is 197. The number of hydrogen-bond acceptors (Lipinski definition) is 0. The van der Waals surface area contributed by atoms with Crippen molar-refractivity contribution < 1.29 is 63.8 Å². The smallest absolute Gasteiger partial charge is 1.00 e. The summed E-state index contributed by atoms with van der Waals surface area (Å²) in [7, 11) is 0. The van der Waals surface area contributed by atoms with Crippen LogP contribution >= 0.6 is 24.8 Å². The first-order chi connectivity index (χ1) is 6.00. The second kappa shape index (κ2) is 30.7. The van der Waals surface area contributed by atoms with E-state index in [-0.39, 0.29) is 88.6 Å². The van der Waals surface area contributed by atoms with Crippen molar-refractivity contribution in [2.75, 3.05) is 0 Å². The molecule has 18 heavy (non-hydrogen) atoms. The molecule has 2 rings (SSSR count). The van der Waals surface area contributed by atoms with Crippen LogP contribution in [-0.4, -0.2) is 0 Å². The standard InChI is InChI=1S/2C6H5.4ClH.2Ru/c2*1-2-4-6-5-3-1;;;;;;/h2*1-5H;4*1H;;/q;;;;;;2*+1/p-2. The molecule has 0 spiro atoms. The number of halogens is 4. The Kier molecular flexibility index (Phi) is 62.0. The van der Waals surface area contributed by atoms with Crippen LogP contribution in [0.25, 0.3) is 0 Å². The van der Waals surface area contributed by atoms with Gasteiger partial charge in [-0.1, -0.05) is 60.7 Å². The van der Waals surface area contributed by atoms with Crippen molar-refractivity contribution >= 4 is 24.8 Å². The Hall–Kier alpha value is 0.847. The molecule has 0 bridgehead atoms. The van der Waals surface area contributed by atoms with E-state index in [0.29, 0.717) is 0 Å². The molecule has 0 aromatic heterocycles. The predicted molar refractivity (Wildman–Crippen MR) is 65.1 cm³/mol. The van der Waals surface area contributed by atoms with E-state index in [2.05, 4.69) is 12.1 Å². The van der Waals surface area contributed by atoms with Gasteiger partial charge in [0.15, 0.2) is 0 Å². The van der Waals surface area contributed by atoms with Gasteiger partial charge >= 0.3 is 39.0 Å². The zero-order valence-electron chi connectivity index (χ0n) is 9.05. The quantitative estimate of drug-likeness (QED) is 0.362. The van der Waals surface area contributed by atoms with Gasteiger partial charge in [-0.15, -0.1) is 24.8 Å². The van der Waals surface area contributed by atoms with Crippen LogP contribution in [0.5, 0.6) is 0 Å². The second-order valence-corrected chi connectivity index (χ2v) is 2.15. The molecule has 0 heterocycles. The molecule has 0 N–H and O–H groups in total. The van der Waals surface area contributed by atoms with Gasteiger partial charge in [-0.25, -0.2) is 0 Å². The molecule has 2 aromatic rings. The van der Waals surface area contributed by atoms with Crippen molar-refractivity contribution in [2.45, 2.75) is 0 Å². The Morgan fingerprint density at radius 3 is 0.722 bits per heavy atom. The van der Waals surface area contributed by atoms with Gasteiger partial charge in [-0.2, -0.15) is 0 Å². The zero-order chi connectivity index (χ0) is 8.49. The Morgan fingerprint density at radius 2 is 0.667 bits per heavy atom. The normalized spacial score (nSPS) is 5.33. The third kappa shape index (κ3) is 25.6. The molecular weight excluding hydrogens is 488 g/mol. The van der Waals surface area contributed by atoms with E-state index in [1.807, 2.05) is 60.7 Å². The minimum absolute atomic E-state index is 0. The van der Waals surface area contributed by atoms with Crippen LogP contribution in [0, 0.1) is 12.1 Å². The summed E-state index contributed by atoms with van der Waals surface area (Å²) in [6.07, 6.45) is 0. The fourth-order valence-corrected chi connectivity index (χ4v) is 0.684. The van der Waals surface area contributed by atoms with E-state index in [4.69, 9.17) is 0 Å². The first-order valence-corrected chi connectivity index (χ1v) is 3.82. The minimum atomic E-state index is 0.